The Hall–Kier alpha value is -1.06. The normalized spacial score (nSPS) is 33.0. The van der Waals surface area contributed by atoms with E-state index >= 15 is 0 Å². The fraction of sp³-hybridized carbons (Fsp3) is 0.778. The minimum atomic E-state index is 0.325. The highest BCUT2D eigenvalue weighted by Gasteiger charge is 2.55. The Kier molecular flexibility index (Phi) is 6.51. The van der Waals surface area contributed by atoms with Gasteiger partial charge in [-0.2, -0.15) is 0 Å². The third-order valence-electron chi connectivity index (χ3n) is 8.40. The van der Waals surface area contributed by atoms with E-state index in [1.807, 2.05) is 7.05 Å². The molecule has 3 aliphatic rings. The summed E-state index contributed by atoms with van der Waals surface area (Å²) in [5.41, 5.74) is 3.87. The van der Waals surface area contributed by atoms with Gasteiger partial charge >= 0.3 is 0 Å². The van der Waals surface area contributed by atoms with Crippen molar-refractivity contribution in [3.8, 4) is 5.75 Å². The fourth-order valence-electron chi connectivity index (χ4n) is 6.65. The zero-order chi connectivity index (χ0) is 21.4. The van der Waals surface area contributed by atoms with Gasteiger partial charge in [0.25, 0.3) is 0 Å². The molecule has 1 N–H and O–H groups in total. The molecule has 3 aliphatic carbocycles. The second-order valence-electron chi connectivity index (χ2n) is 11.5. The maximum Gasteiger partial charge on any atom is 0.119 e. The lowest BCUT2D eigenvalue weighted by Crippen LogP contribution is -2.45. The molecule has 2 saturated carbocycles. The number of hydrogen-bond acceptors (Lipinski definition) is 3. The van der Waals surface area contributed by atoms with E-state index in [1.165, 1.54) is 38.5 Å². The number of likely N-dealkylation sites (N-methyl/N-ethyl adjacent to an activating group) is 1. The lowest BCUT2D eigenvalue weighted by molar-refractivity contribution is -0.0625. The summed E-state index contributed by atoms with van der Waals surface area (Å²) >= 11 is 0. The molecule has 5 atom stereocenters. The summed E-state index contributed by atoms with van der Waals surface area (Å²) < 4.78 is 12.5. The first-order chi connectivity index (χ1) is 14.3. The molecule has 1 aromatic carbocycles. The first kappa shape index (κ1) is 22.1. The molecule has 0 saturated heterocycles. The fourth-order valence-corrected chi connectivity index (χ4v) is 6.65. The highest BCUT2D eigenvalue weighted by molar-refractivity contribution is 5.40. The van der Waals surface area contributed by atoms with Gasteiger partial charge < -0.3 is 14.8 Å². The molecule has 0 spiro atoms. The monoisotopic (exact) mass is 413 g/mol. The van der Waals surface area contributed by atoms with Gasteiger partial charge in [0.1, 0.15) is 5.75 Å². The van der Waals surface area contributed by atoms with Crippen molar-refractivity contribution in [1.82, 2.24) is 5.32 Å². The Bertz CT molecular complexity index is 724. The lowest BCUT2D eigenvalue weighted by Gasteiger charge is -2.50. The standard InChI is InChI=1S/C27H43NO2/c1-26(2,3)14-16-29-20-7-9-21-19(18-20)6-8-23-22(21)12-13-27(4)24(23)10-11-25(27)30-17-15-28-5/h7,9,18,22-25,28H,6,8,10-17H2,1-5H3. The molecule has 30 heavy (non-hydrogen) atoms. The van der Waals surface area contributed by atoms with Crippen molar-refractivity contribution in [2.45, 2.75) is 84.7 Å². The molecule has 5 unspecified atom stereocenters. The van der Waals surface area contributed by atoms with Gasteiger partial charge in [0.2, 0.25) is 0 Å². The first-order valence-corrected chi connectivity index (χ1v) is 12.3. The Morgan fingerprint density at radius 3 is 2.70 bits per heavy atom. The van der Waals surface area contributed by atoms with Gasteiger partial charge in [0.15, 0.2) is 0 Å². The van der Waals surface area contributed by atoms with Gasteiger partial charge in [-0.1, -0.05) is 33.8 Å². The first-order valence-electron chi connectivity index (χ1n) is 12.3. The van der Waals surface area contributed by atoms with Gasteiger partial charge in [-0.25, -0.2) is 0 Å². The number of ether oxygens (including phenoxy) is 2. The van der Waals surface area contributed by atoms with Crippen LogP contribution in [0.3, 0.4) is 0 Å². The minimum absolute atomic E-state index is 0.325. The van der Waals surface area contributed by atoms with E-state index in [4.69, 9.17) is 9.47 Å². The van der Waals surface area contributed by atoms with Gasteiger partial charge in [-0.3, -0.25) is 0 Å². The maximum atomic E-state index is 6.36. The predicted molar refractivity (Wildman–Crippen MR) is 124 cm³/mol. The Morgan fingerprint density at radius 1 is 1.10 bits per heavy atom. The van der Waals surface area contributed by atoms with Crippen molar-refractivity contribution < 1.29 is 9.47 Å². The summed E-state index contributed by atoms with van der Waals surface area (Å²) in [6.45, 7) is 12.0. The van der Waals surface area contributed by atoms with E-state index in [1.54, 1.807) is 11.1 Å². The summed E-state index contributed by atoms with van der Waals surface area (Å²) in [4.78, 5) is 0. The van der Waals surface area contributed by atoms with Crippen molar-refractivity contribution in [3.05, 3.63) is 29.3 Å². The summed E-state index contributed by atoms with van der Waals surface area (Å²) in [5, 5.41) is 3.22. The molecule has 168 valence electrons. The second-order valence-corrected chi connectivity index (χ2v) is 11.5. The average molecular weight is 414 g/mol. The smallest absolute Gasteiger partial charge is 0.119 e. The van der Waals surface area contributed by atoms with Crippen LogP contribution >= 0.6 is 0 Å². The number of benzene rings is 1. The number of hydrogen-bond donors (Lipinski definition) is 1. The Labute approximate surface area is 184 Å². The zero-order valence-electron chi connectivity index (χ0n) is 19.9. The number of rotatable bonds is 7. The third kappa shape index (κ3) is 4.43. The van der Waals surface area contributed by atoms with Crippen molar-refractivity contribution in [2.24, 2.45) is 22.7 Å². The van der Waals surface area contributed by atoms with E-state index < -0.39 is 0 Å². The van der Waals surface area contributed by atoms with Crippen LogP contribution in [-0.4, -0.2) is 32.9 Å². The lowest BCUT2D eigenvalue weighted by atomic mass is 9.55. The summed E-state index contributed by atoms with van der Waals surface area (Å²) in [7, 11) is 2.01. The quantitative estimate of drug-likeness (QED) is 0.559. The summed E-state index contributed by atoms with van der Waals surface area (Å²) in [5.74, 6) is 3.47. The molecule has 0 aliphatic heterocycles. The zero-order valence-corrected chi connectivity index (χ0v) is 19.9. The molecule has 0 aromatic heterocycles. The van der Waals surface area contributed by atoms with Crippen molar-refractivity contribution >= 4 is 0 Å². The van der Waals surface area contributed by atoms with Gasteiger partial charge in [0.05, 0.1) is 19.3 Å². The van der Waals surface area contributed by atoms with E-state index in [0.29, 0.717) is 16.9 Å². The number of fused-ring (bicyclic) bond motifs is 5. The van der Waals surface area contributed by atoms with Gasteiger partial charge in [0, 0.05) is 6.54 Å². The maximum absolute atomic E-state index is 6.36. The molecule has 4 rings (SSSR count). The molecule has 0 heterocycles. The van der Waals surface area contributed by atoms with Crippen molar-refractivity contribution in [1.29, 1.82) is 0 Å². The van der Waals surface area contributed by atoms with E-state index in [-0.39, 0.29) is 0 Å². The molecule has 3 nitrogen and oxygen atoms in total. The van der Waals surface area contributed by atoms with Crippen LogP contribution < -0.4 is 10.1 Å². The van der Waals surface area contributed by atoms with E-state index in [0.717, 1.165) is 49.7 Å². The van der Waals surface area contributed by atoms with Crippen LogP contribution in [0.5, 0.6) is 5.75 Å². The predicted octanol–water partition coefficient (Wildman–Crippen LogP) is 5.96. The molecular weight excluding hydrogens is 370 g/mol. The molecule has 3 heteroatoms. The van der Waals surface area contributed by atoms with Crippen molar-refractivity contribution in [2.75, 3.05) is 26.8 Å². The number of nitrogens with one attached hydrogen (secondary N) is 1. The molecule has 0 radical (unpaired) electrons. The minimum Gasteiger partial charge on any atom is -0.494 e. The van der Waals surface area contributed by atoms with Crippen LogP contribution in [0.25, 0.3) is 0 Å². The van der Waals surface area contributed by atoms with Crippen LogP contribution in [-0.2, 0) is 11.2 Å². The Balaban J connectivity index is 1.43. The van der Waals surface area contributed by atoms with Crippen LogP contribution in [0.2, 0.25) is 0 Å². The van der Waals surface area contributed by atoms with Crippen LogP contribution in [0.15, 0.2) is 18.2 Å². The summed E-state index contributed by atoms with van der Waals surface area (Å²) in [6.07, 6.45) is 9.33. The molecule has 0 bridgehead atoms. The molecule has 0 amide bonds. The summed E-state index contributed by atoms with van der Waals surface area (Å²) in [6, 6.07) is 6.98. The third-order valence-corrected chi connectivity index (χ3v) is 8.40. The van der Waals surface area contributed by atoms with Gasteiger partial charge in [-0.15, -0.1) is 0 Å². The molecule has 1 aromatic rings. The largest absolute Gasteiger partial charge is 0.494 e. The molecular formula is C27H43NO2. The SMILES string of the molecule is CNCCOC1CCC2C3CCc4cc(OCCC(C)(C)C)ccc4C3CCC12C. The van der Waals surface area contributed by atoms with Crippen LogP contribution in [0.1, 0.15) is 83.3 Å². The van der Waals surface area contributed by atoms with Crippen molar-refractivity contribution in [3.63, 3.8) is 0 Å². The Morgan fingerprint density at radius 2 is 1.93 bits per heavy atom. The van der Waals surface area contributed by atoms with Crippen LogP contribution in [0.4, 0.5) is 0 Å². The second kappa shape index (κ2) is 8.82. The van der Waals surface area contributed by atoms with Crippen LogP contribution in [0, 0.1) is 22.7 Å². The molecule has 2 fully saturated rings. The topological polar surface area (TPSA) is 30.5 Å². The highest BCUT2D eigenvalue weighted by Crippen LogP contribution is 2.61. The average Bonchev–Trinajstić information content (AvgIpc) is 3.03. The highest BCUT2D eigenvalue weighted by atomic mass is 16.5. The van der Waals surface area contributed by atoms with E-state index in [9.17, 15) is 0 Å². The number of aryl methyl sites for hydroxylation is 1. The van der Waals surface area contributed by atoms with Gasteiger partial charge in [-0.05, 0) is 104 Å². The van der Waals surface area contributed by atoms with E-state index in [2.05, 4.69) is 51.2 Å².